The minimum absolute atomic E-state index is 0.0356. The van der Waals surface area contributed by atoms with Crippen molar-refractivity contribution in [3.05, 3.63) is 75.6 Å². The van der Waals surface area contributed by atoms with Gasteiger partial charge in [-0.05, 0) is 48.6 Å². The first-order chi connectivity index (χ1) is 10.1. The van der Waals surface area contributed by atoms with Crippen LogP contribution < -0.4 is 10.9 Å². The van der Waals surface area contributed by atoms with Crippen LogP contribution in [0.3, 0.4) is 0 Å². The molecule has 2 aromatic carbocycles. The van der Waals surface area contributed by atoms with Crippen molar-refractivity contribution >= 4 is 16.6 Å². The molecule has 3 aromatic rings. The molecule has 0 aliphatic carbocycles. The molecule has 0 amide bonds. The quantitative estimate of drug-likeness (QED) is 0.766. The third-order valence-corrected chi connectivity index (χ3v) is 3.69. The standard InChI is InChI=1S/C18H18N2O/c1-12-7-8-13(2)17(9-12)19-11-15-10-14-5-3-4-6-16(14)20-18(15)21/h3-10,19H,11H2,1-2H3,(H,20,21). The van der Waals surface area contributed by atoms with E-state index in [-0.39, 0.29) is 5.56 Å². The number of hydrogen-bond donors (Lipinski definition) is 2. The number of hydrogen-bond acceptors (Lipinski definition) is 2. The van der Waals surface area contributed by atoms with E-state index < -0.39 is 0 Å². The number of aryl methyl sites for hydroxylation is 2. The van der Waals surface area contributed by atoms with Gasteiger partial charge in [0.15, 0.2) is 0 Å². The molecular weight excluding hydrogens is 260 g/mol. The molecule has 0 fully saturated rings. The summed E-state index contributed by atoms with van der Waals surface area (Å²) in [4.78, 5) is 15.0. The van der Waals surface area contributed by atoms with Crippen LogP contribution in [0.25, 0.3) is 10.9 Å². The SMILES string of the molecule is Cc1ccc(C)c(NCc2cc3ccccc3[nH]c2=O)c1. The van der Waals surface area contributed by atoms with E-state index in [4.69, 9.17) is 0 Å². The molecule has 106 valence electrons. The van der Waals surface area contributed by atoms with E-state index in [1.165, 1.54) is 11.1 Å². The topological polar surface area (TPSA) is 44.9 Å². The summed E-state index contributed by atoms with van der Waals surface area (Å²) in [5, 5.41) is 4.41. The second kappa shape index (κ2) is 5.44. The second-order valence-corrected chi connectivity index (χ2v) is 5.38. The van der Waals surface area contributed by atoms with Gasteiger partial charge < -0.3 is 10.3 Å². The fourth-order valence-corrected chi connectivity index (χ4v) is 2.44. The Morgan fingerprint density at radius 2 is 1.86 bits per heavy atom. The molecule has 0 atom stereocenters. The van der Waals surface area contributed by atoms with Gasteiger partial charge in [0.25, 0.3) is 5.56 Å². The Morgan fingerprint density at radius 3 is 2.71 bits per heavy atom. The Hall–Kier alpha value is -2.55. The van der Waals surface area contributed by atoms with Gasteiger partial charge >= 0.3 is 0 Å². The number of fused-ring (bicyclic) bond motifs is 1. The predicted molar refractivity (Wildman–Crippen MR) is 87.8 cm³/mol. The van der Waals surface area contributed by atoms with Crippen LogP contribution in [0.15, 0.2) is 53.3 Å². The lowest BCUT2D eigenvalue weighted by atomic mass is 10.1. The summed E-state index contributed by atoms with van der Waals surface area (Å²) in [6.07, 6.45) is 0. The third kappa shape index (κ3) is 2.82. The van der Waals surface area contributed by atoms with Gasteiger partial charge in [0, 0.05) is 23.3 Å². The molecule has 1 heterocycles. The van der Waals surface area contributed by atoms with E-state index in [2.05, 4.69) is 42.3 Å². The second-order valence-electron chi connectivity index (χ2n) is 5.38. The molecule has 0 saturated carbocycles. The van der Waals surface area contributed by atoms with Crippen molar-refractivity contribution in [2.24, 2.45) is 0 Å². The number of aromatic amines is 1. The zero-order chi connectivity index (χ0) is 14.8. The summed E-state index contributed by atoms with van der Waals surface area (Å²) in [5.41, 5.74) is 5.04. The lowest BCUT2D eigenvalue weighted by Gasteiger charge is -2.10. The minimum Gasteiger partial charge on any atom is -0.381 e. The molecule has 0 unspecified atom stereocenters. The smallest absolute Gasteiger partial charge is 0.253 e. The van der Waals surface area contributed by atoms with E-state index in [1.807, 2.05) is 30.3 Å². The Bertz CT molecular complexity index is 849. The Kier molecular flexibility index (Phi) is 3.48. The highest BCUT2D eigenvalue weighted by Crippen LogP contribution is 2.17. The van der Waals surface area contributed by atoms with Crippen molar-refractivity contribution in [2.75, 3.05) is 5.32 Å². The average molecular weight is 278 g/mol. The first-order valence-corrected chi connectivity index (χ1v) is 7.05. The molecule has 0 bridgehead atoms. The predicted octanol–water partition coefficient (Wildman–Crippen LogP) is 3.76. The van der Waals surface area contributed by atoms with E-state index in [1.54, 1.807) is 0 Å². The van der Waals surface area contributed by atoms with Crippen molar-refractivity contribution in [3.63, 3.8) is 0 Å². The molecule has 0 radical (unpaired) electrons. The minimum atomic E-state index is -0.0356. The van der Waals surface area contributed by atoms with Crippen LogP contribution in [-0.2, 0) is 6.54 Å². The first-order valence-electron chi connectivity index (χ1n) is 7.05. The molecule has 3 heteroatoms. The summed E-state index contributed by atoms with van der Waals surface area (Å²) in [5.74, 6) is 0. The van der Waals surface area contributed by atoms with Crippen LogP contribution in [-0.4, -0.2) is 4.98 Å². The van der Waals surface area contributed by atoms with Crippen molar-refractivity contribution in [1.29, 1.82) is 0 Å². The zero-order valence-electron chi connectivity index (χ0n) is 12.2. The Balaban J connectivity index is 1.90. The van der Waals surface area contributed by atoms with E-state index >= 15 is 0 Å². The Morgan fingerprint density at radius 1 is 1.05 bits per heavy atom. The molecule has 0 aliphatic rings. The fraction of sp³-hybridized carbons (Fsp3) is 0.167. The first kappa shape index (κ1) is 13.4. The largest absolute Gasteiger partial charge is 0.381 e. The van der Waals surface area contributed by atoms with Crippen LogP contribution >= 0.6 is 0 Å². The Labute approximate surface area is 123 Å². The number of benzene rings is 2. The number of nitrogens with one attached hydrogen (secondary N) is 2. The number of H-pyrrole nitrogens is 1. The fourth-order valence-electron chi connectivity index (χ4n) is 2.44. The monoisotopic (exact) mass is 278 g/mol. The number of pyridine rings is 1. The van der Waals surface area contributed by atoms with Crippen molar-refractivity contribution in [3.8, 4) is 0 Å². The van der Waals surface area contributed by atoms with Gasteiger partial charge in [-0.3, -0.25) is 4.79 Å². The van der Waals surface area contributed by atoms with Gasteiger partial charge in [-0.1, -0.05) is 30.3 Å². The van der Waals surface area contributed by atoms with Crippen molar-refractivity contribution in [1.82, 2.24) is 4.98 Å². The summed E-state index contributed by atoms with van der Waals surface area (Å²) < 4.78 is 0. The molecule has 1 aromatic heterocycles. The van der Waals surface area contributed by atoms with Gasteiger partial charge in [0.05, 0.1) is 0 Å². The van der Waals surface area contributed by atoms with Crippen molar-refractivity contribution in [2.45, 2.75) is 20.4 Å². The maximum Gasteiger partial charge on any atom is 0.253 e. The van der Waals surface area contributed by atoms with E-state index in [9.17, 15) is 4.79 Å². The molecule has 0 aliphatic heterocycles. The normalized spacial score (nSPS) is 10.8. The van der Waals surface area contributed by atoms with Crippen LogP contribution in [0.2, 0.25) is 0 Å². The van der Waals surface area contributed by atoms with Crippen LogP contribution in [0.4, 0.5) is 5.69 Å². The summed E-state index contributed by atoms with van der Waals surface area (Å²) in [7, 11) is 0. The van der Waals surface area contributed by atoms with Gasteiger partial charge in [-0.15, -0.1) is 0 Å². The van der Waals surface area contributed by atoms with Gasteiger partial charge in [0.2, 0.25) is 0 Å². The van der Waals surface area contributed by atoms with Crippen molar-refractivity contribution < 1.29 is 0 Å². The highest BCUT2D eigenvalue weighted by atomic mass is 16.1. The van der Waals surface area contributed by atoms with Gasteiger partial charge in [-0.25, -0.2) is 0 Å². The number of para-hydroxylation sites is 1. The molecule has 21 heavy (non-hydrogen) atoms. The molecule has 3 rings (SSSR count). The summed E-state index contributed by atoms with van der Waals surface area (Å²) in [6, 6.07) is 16.0. The molecule has 0 spiro atoms. The molecular formula is C18H18N2O. The highest BCUT2D eigenvalue weighted by molar-refractivity contribution is 5.78. The maximum atomic E-state index is 12.1. The van der Waals surface area contributed by atoms with Crippen LogP contribution in [0, 0.1) is 13.8 Å². The number of aromatic nitrogens is 1. The third-order valence-electron chi connectivity index (χ3n) is 3.69. The maximum absolute atomic E-state index is 12.1. The average Bonchev–Trinajstić information content (AvgIpc) is 2.48. The van der Waals surface area contributed by atoms with Crippen LogP contribution in [0.5, 0.6) is 0 Å². The lowest BCUT2D eigenvalue weighted by Crippen LogP contribution is -2.15. The molecule has 3 nitrogen and oxygen atoms in total. The summed E-state index contributed by atoms with van der Waals surface area (Å²) in [6.45, 7) is 4.64. The van der Waals surface area contributed by atoms with Crippen LogP contribution in [0.1, 0.15) is 16.7 Å². The molecule has 0 saturated heterocycles. The summed E-state index contributed by atoms with van der Waals surface area (Å²) >= 11 is 0. The molecule has 2 N–H and O–H groups in total. The van der Waals surface area contributed by atoms with Gasteiger partial charge in [0.1, 0.15) is 0 Å². The lowest BCUT2D eigenvalue weighted by molar-refractivity contribution is 1.08. The highest BCUT2D eigenvalue weighted by Gasteiger charge is 2.04. The number of rotatable bonds is 3. The van der Waals surface area contributed by atoms with E-state index in [0.717, 1.165) is 22.2 Å². The zero-order valence-corrected chi connectivity index (χ0v) is 12.2. The van der Waals surface area contributed by atoms with Gasteiger partial charge in [-0.2, -0.15) is 0 Å². The van der Waals surface area contributed by atoms with E-state index in [0.29, 0.717) is 6.54 Å². The number of anilines is 1.